The summed E-state index contributed by atoms with van der Waals surface area (Å²) in [5.74, 6) is 0.489. The highest BCUT2D eigenvalue weighted by Gasteiger charge is 2.35. The fourth-order valence-corrected chi connectivity index (χ4v) is 4.36. The van der Waals surface area contributed by atoms with Crippen molar-refractivity contribution >= 4 is 25.3 Å². The van der Waals surface area contributed by atoms with Crippen LogP contribution in [0.4, 0.5) is 0 Å². The molecule has 0 heterocycles. The molecule has 1 aromatic rings. The lowest BCUT2D eigenvalue weighted by Crippen LogP contribution is -2.53. The van der Waals surface area contributed by atoms with Gasteiger partial charge in [0.05, 0.1) is 6.10 Å². The summed E-state index contributed by atoms with van der Waals surface area (Å²) in [4.78, 5) is 0. The molecule has 0 aromatic heterocycles. The molecule has 0 spiro atoms. The zero-order chi connectivity index (χ0) is 12.0. The minimum absolute atomic E-state index is 0.0186. The molecule has 90 valence electrons. The Morgan fingerprint density at radius 1 is 1.31 bits per heavy atom. The minimum atomic E-state index is -2.29. The number of benzene rings is 1. The van der Waals surface area contributed by atoms with E-state index in [0.29, 0.717) is 12.5 Å². The van der Waals surface area contributed by atoms with Gasteiger partial charge in [0.2, 0.25) is 0 Å². The Labute approximate surface area is 104 Å². The van der Waals surface area contributed by atoms with E-state index in [4.69, 9.17) is 20.5 Å². The van der Waals surface area contributed by atoms with Gasteiger partial charge in [0.25, 0.3) is 0 Å². The summed E-state index contributed by atoms with van der Waals surface area (Å²) in [5.41, 5.74) is 0. The number of hydrogen-bond acceptors (Lipinski definition) is 2. The molecule has 0 aliphatic heterocycles. The quantitative estimate of drug-likeness (QED) is 0.577. The van der Waals surface area contributed by atoms with Gasteiger partial charge in [-0.15, -0.1) is 11.6 Å². The van der Waals surface area contributed by atoms with Crippen LogP contribution in [0.3, 0.4) is 0 Å². The molecule has 0 saturated heterocycles. The molecule has 0 saturated carbocycles. The number of hydrogen-bond donors (Lipinski definition) is 0. The molecule has 0 bridgehead atoms. The van der Waals surface area contributed by atoms with E-state index in [1.165, 1.54) is 0 Å². The first kappa shape index (κ1) is 13.7. The molecule has 0 radical (unpaired) electrons. The van der Waals surface area contributed by atoms with E-state index in [-0.39, 0.29) is 6.10 Å². The third-order valence-corrected chi connectivity index (χ3v) is 5.87. The lowest BCUT2D eigenvalue weighted by Gasteiger charge is -2.29. The molecule has 0 amide bonds. The van der Waals surface area contributed by atoms with E-state index in [9.17, 15) is 0 Å². The van der Waals surface area contributed by atoms with E-state index in [1.54, 1.807) is 0 Å². The van der Waals surface area contributed by atoms with Gasteiger partial charge in [-0.25, -0.2) is 0 Å². The Hall–Kier alpha value is -0.353. The predicted octanol–water partition coefficient (Wildman–Crippen LogP) is 2.65. The highest BCUT2D eigenvalue weighted by molar-refractivity contribution is 6.80. The van der Waals surface area contributed by atoms with E-state index in [1.807, 2.05) is 32.0 Å². The van der Waals surface area contributed by atoms with Crippen LogP contribution in [-0.2, 0) is 8.85 Å². The molecule has 2 atom stereocenters. The van der Waals surface area contributed by atoms with Gasteiger partial charge < -0.3 is 8.85 Å². The normalized spacial score (nSPS) is 16.8. The van der Waals surface area contributed by atoms with Crippen LogP contribution >= 0.6 is 11.6 Å². The van der Waals surface area contributed by atoms with E-state index < -0.39 is 8.56 Å². The van der Waals surface area contributed by atoms with Gasteiger partial charge in [-0.2, -0.15) is 0 Å². The average Bonchev–Trinajstić information content (AvgIpc) is 2.30. The van der Waals surface area contributed by atoms with E-state index >= 15 is 0 Å². The molecule has 0 aliphatic rings. The predicted molar refractivity (Wildman–Crippen MR) is 70.6 cm³/mol. The van der Waals surface area contributed by atoms with Crippen LogP contribution in [0, 0.1) is 0 Å². The zero-order valence-corrected chi connectivity index (χ0v) is 11.8. The average molecular weight is 259 g/mol. The van der Waals surface area contributed by atoms with Gasteiger partial charge in [0.1, 0.15) is 0 Å². The number of halogens is 1. The Morgan fingerprint density at radius 2 is 1.94 bits per heavy atom. The SMILES string of the molecule is CCO[Si](C)(OC(C)CCl)c1ccccc1. The molecule has 4 heteroatoms. The summed E-state index contributed by atoms with van der Waals surface area (Å²) in [6.45, 7) is 6.69. The Morgan fingerprint density at radius 3 is 2.44 bits per heavy atom. The van der Waals surface area contributed by atoms with Crippen molar-refractivity contribution in [2.45, 2.75) is 26.5 Å². The molecule has 2 nitrogen and oxygen atoms in total. The molecule has 1 rings (SSSR count). The first-order valence-electron chi connectivity index (χ1n) is 5.55. The highest BCUT2D eigenvalue weighted by atomic mass is 35.5. The van der Waals surface area contributed by atoms with Crippen molar-refractivity contribution in [3.05, 3.63) is 30.3 Å². The maximum atomic E-state index is 6.00. The van der Waals surface area contributed by atoms with Gasteiger partial charge in [-0.3, -0.25) is 0 Å². The fraction of sp³-hybridized carbons (Fsp3) is 0.500. The van der Waals surface area contributed by atoms with E-state index in [0.717, 1.165) is 5.19 Å². The maximum Gasteiger partial charge on any atom is 0.369 e. The molecule has 2 unspecified atom stereocenters. The summed E-state index contributed by atoms with van der Waals surface area (Å²) in [7, 11) is -2.29. The molecule has 0 aliphatic carbocycles. The van der Waals surface area contributed by atoms with Crippen LogP contribution < -0.4 is 5.19 Å². The summed E-state index contributed by atoms with van der Waals surface area (Å²) in [6.07, 6.45) is 0.0186. The van der Waals surface area contributed by atoms with Crippen LogP contribution in [0.1, 0.15) is 13.8 Å². The molecule has 16 heavy (non-hydrogen) atoms. The molecular weight excluding hydrogens is 240 g/mol. The maximum absolute atomic E-state index is 6.00. The summed E-state index contributed by atoms with van der Waals surface area (Å²) in [6, 6.07) is 10.1. The van der Waals surface area contributed by atoms with Crippen molar-refractivity contribution in [3.63, 3.8) is 0 Å². The second kappa shape index (κ2) is 6.40. The monoisotopic (exact) mass is 258 g/mol. The zero-order valence-electron chi connectivity index (χ0n) is 10.1. The molecule has 0 N–H and O–H groups in total. The topological polar surface area (TPSA) is 18.5 Å². The largest absolute Gasteiger partial charge is 0.391 e. The van der Waals surface area contributed by atoms with Gasteiger partial charge in [0, 0.05) is 12.5 Å². The van der Waals surface area contributed by atoms with Crippen molar-refractivity contribution in [2.24, 2.45) is 0 Å². The molecule has 0 fully saturated rings. The van der Waals surface area contributed by atoms with Crippen LogP contribution in [0.15, 0.2) is 30.3 Å². The van der Waals surface area contributed by atoms with Gasteiger partial charge in [0.15, 0.2) is 0 Å². The third kappa shape index (κ3) is 3.59. The van der Waals surface area contributed by atoms with Crippen LogP contribution in [-0.4, -0.2) is 27.2 Å². The smallest absolute Gasteiger partial charge is 0.369 e. The van der Waals surface area contributed by atoms with Crippen molar-refractivity contribution in [2.75, 3.05) is 12.5 Å². The first-order valence-corrected chi connectivity index (χ1v) is 8.40. The lowest BCUT2D eigenvalue weighted by atomic mass is 10.4. The Bertz CT molecular complexity index is 307. The molecule has 1 aromatic carbocycles. The second-order valence-corrected chi connectivity index (χ2v) is 7.13. The number of alkyl halides is 1. The van der Waals surface area contributed by atoms with Gasteiger partial charge >= 0.3 is 8.56 Å². The van der Waals surface area contributed by atoms with Crippen molar-refractivity contribution < 1.29 is 8.85 Å². The van der Waals surface area contributed by atoms with Crippen LogP contribution in [0.5, 0.6) is 0 Å². The number of rotatable bonds is 6. The second-order valence-electron chi connectivity index (χ2n) is 3.83. The summed E-state index contributed by atoms with van der Waals surface area (Å²) in [5, 5.41) is 1.15. The van der Waals surface area contributed by atoms with Crippen molar-refractivity contribution in [1.82, 2.24) is 0 Å². The van der Waals surface area contributed by atoms with Gasteiger partial charge in [-0.1, -0.05) is 30.3 Å². The Kier molecular flexibility index (Phi) is 5.48. The fourth-order valence-electron chi connectivity index (χ4n) is 1.62. The summed E-state index contributed by atoms with van der Waals surface area (Å²) >= 11 is 5.79. The standard InChI is InChI=1S/C12H19ClO2Si/c1-4-14-16(3,15-11(2)10-13)12-8-6-5-7-9-12/h5-9,11H,4,10H2,1-3H3. The molecular formula is C12H19ClO2Si. The van der Waals surface area contributed by atoms with E-state index in [2.05, 4.69) is 18.7 Å². The lowest BCUT2D eigenvalue weighted by molar-refractivity contribution is 0.154. The summed E-state index contributed by atoms with van der Waals surface area (Å²) < 4.78 is 11.8. The van der Waals surface area contributed by atoms with Crippen LogP contribution in [0.2, 0.25) is 6.55 Å². The van der Waals surface area contributed by atoms with Crippen LogP contribution in [0.25, 0.3) is 0 Å². The highest BCUT2D eigenvalue weighted by Crippen LogP contribution is 2.11. The van der Waals surface area contributed by atoms with Crippen molar-refractivity contribution in [1.29, 1.82) is 0 Å². The minimum Gasteiger partial charge on any atom is -0.391 e. The van der Waals surface area contributed by atoms with Gasteiger partial charge in [-0.05, 0) is 25.6 Å². The van der Waals surface area contributed by atoms with Crippen molar-refractivity contribution in [3.8, 4) is 0 Å². The third-order valence-electron chi connectivity index (χ3n) is 2.36. The Balaban J connectivity index is 2.88. The first-order chi connectivity index (χ1) is 7.62.